The summed E-state index contributed by atoms with van der Waals surface area (Å²) in [5, 5.41) is 21.0. The SMILES string of the molecule is CC(OC(=O)C(O)=Cc1cc(C(C)(C)C)cc(C(C)(C)C)c1)OC(=O)C(O)=Cc1cc(C(C)(C)C)cc(C(C)(C)C)c1. The van der Waals surface area contributed by atoms with E-state index in [4.69, 9.17) is 9.47 Å². The molecule has 0 spiro atoms. The van der Waals surface area contributed by atoms with Crippen LogP contribution in [-0.2, 0) is 40.7 Å². The number of hydrogen-bond donors (Lipinski definition) is 2. The summed E-state index contributed by atoms with van der Waals surface area (Å²) in [5.41, 5.74) is 5.01. The molecule has 0 heterocycles. The van der Waals surface area contributed by atoms with E-state index in [1.165, 1.54) is 19.1 Å². The highest BCUT2D eigenvalue weighted by Crippen LogP contribution is 2.32. The van der Waals surface area contributed by atoms with Gasteiger partial charge in [-0.15, -0.1) is 0 Å². The van der Waals surface area contributed by atoms with E-state index in [0.717, 1.165) is 22.3 Å². The summed E-state index contributed by atoms with van der Waals surface area (Å²) in [4.78, 5) is 25.2. The zero-order valence-corrected chi connectivity index (χ0v) is 27.7. The summed E-state index contributed by atoms with van der Waals surface area (Å²) in [6.07, 6.45) is 1.33. The lowest BCUT2D eigenvalue weighted by Gasteiger charge is -2.25. The standard InChI is InChI=1S/C36H50O6/c1-22(41-31(39)29(37)18-23-14-25(33(2,3)4)20-26(15-23)34(5,6)7)42-32(40)30(38)19-24-16-27(35(8,9)10)21-28(17-24)36(11,12)13/h14-22,37-38H,1-13H3. The molecule has 230 valence electrons. The molecule has 0 bridgehead atoms. The van der Waals surface area contributed by atoms with Crippen LogP contribution in [0.3, 0.4) is 0 Å². The van der Waals surface area contributed by atoms with E-state index in [9.17, 15) is 19.8 Å². The van der Waals surface area contributed by atoms with Gasteiger partial charge in [0.1, 0.15) is 0 Å². The van der Waals surface area contributed by atoms with Crippen LogP contribution in [0.2, 0.25) is 0 Å². The number of carbonyl (C=O) groups is 2. The van der Waals surface area contributed by atoms with Crippen molar-refractivity contribution >= 4 is 24.1 Å². The topological polar surface area (TPSA) is 93.1 Å². The highest BCUT2D eigenvalue weighted by atomic mass is 16.7. The minimum atomic E-state index is -1.35. The molecule has 0 atom stereocenters. The van der Waals surface area contributed by atoms with Gasteiger partial charge in [-0.3, -0.25) is 0 Å². The first-order valence-electron chi connectivity index (χ1n) is 14.4. The first-order chi connectivity index (χ1) is 18.9. The molecule has 6 nitrogen and oxygen atoms in total. The van der Waals surface area contributed by atoms with Crippen LogP contribution in [0.4, 0.5) is 0 Å². The Bertz CT molecular complexity index is 1200. The summed E-state index contributed by atoms with van der Waals surface area (Å²) in [7, 11) is 0. The molecule has 0 aliphatic rings. The Morgan fingerprint density at radius 1 is 0.548 bits per heavy atom. The fraction of sp³-hybridized carbons (Fsp3) is 0.500. The number of aliphatic hydroxyl groups is 2. The van der Waals surface area contributed by atoms with Crippen LogP contribution in [0.5, 0.6) is 0 Å². The van der Waals surface area contributed by atoms with Gasteiger partial charge >= 0.3 is 11.9 Å². The lowest BCUT2D eigenvalue weighted by molar-refractivity contribution is -0.182. The summed E-state index contributed by atoms with van der Waals surface area (Å²) < 4.78 is 10.3. The summed E-state index contributed by atoms with van der Waals surface area (Å²) >= 11 is 0. The maximum Gasteiger partial charge on any atom is 0.376 e. The Morgan fingerprint density at radius 3 is 1.00 bits per heavy atom. The quantitative estimate of drug-likeness (QED) is 0.154. The van der Waals surface area contributed by atoms with Crippen LogP contribution >= 0.6 is 0 Å². The zero-order valence-electron chi connectivity index (χ0n) is 27.7. The van der Waals surface area contributed by atoms with Crippen molar-refractivity contribution in [1.29, 1.82) is 0 Å². The molecular weight excluding hydrogens is 528 g/mol. The lowest BCUT2D eigenvalue weighted by atomic mass is 9.79. The third-order valence-corrected chi connectivity index (χ3v) is 6.95. The maximum atomic E-state index is 12.6. The van der Waals surface area contributed by atoms with E-state index in [2.05, 4.69) is 95.2 Å². The fourth-order valence-corrected chi connectivity index (χ4v) is 4.08. The number of rotatable bonds is 6. The third-order valence-electron chi connectivity index (χ3n) is 6.95. The molecule has 0 unspecified atom stereocenters. The van der Waals surface area contributed by atoms with E-state index in [-0.39, 0.29) is 21.7 Å². The molecule has 2 rings (SSSR count). The van der Waals surface area contributed by atoms with Crippen molar-refractivity contribution in [2.75, 3.05) is 0 Å². The molecule has 0 amide bonds. The fourth-order valence-electron chi connectivity index (χ4n) is 4.08. The highest BCUT2D eigenvalue weighted by molar-refractivity contribution is 5.92. The van der Waals surface area contributed by atoms with Crippen molar-refractivity contribution in [2.45, 2.75) is 118 Å². The highest BCUT2D eigenvalue weighted by Gasteiger charge is 2.24. The summed E-state index contributed by atoms with van der Waals surface area (Å²) in [5.74, 6) is -3.36. The average molecular weight is 579 g/mol. The van der Waals surface area contributed by atoms with Crippen LogP contribution in [0, 0.1) is 0 Å². The van der Waals surface area contributed by atoms with Crippen molar-refractivity contribution in [2.24, 2.45) is 0 Å². The van der Waals surface area contributed by atoms with Crippen LogP contribution in [0.1, 0.15) is 123 Å². The largest absolute Gasteiger partial charge is 0.502 e. The Balaban J connectivity index is 2.23. The lowest BCUT2D eigenvalue weighted by Crippen LogP contribution is -2.23. The Hall–Kier alpha value is -3.54. The van der Waals surface area contributed by atoms with Gasteiger partial charge in [-0.25, -0.2) is 9.59 Å². The van der Waals surface area contributed by atoms with Crippen molar-refractivity contribution in [3.8, 4) is 0 Å². The number of benzene rings is 2. The molecule has 0 radical (unpaired) electrons. The van der Waals surface area contributed by atoms with Gasteiger partial charge in [-0.2, -0.15) is 0 Å². The number of aliphatic hydroxyl groups excluding tert-OH is 2. The second-order valence-corrected chi connectivity index (χ2v) is 15.1. The van der Waals surface area contributed by atoms with Gasteiger partial charge in [0, 0.05) is 6.92 Å². The van der Waals surface area contributed by atoms with E-state index < -0.39 is 29.7 Å². The molecular formula is C36H50O6. The number of ether oxygens (including phenoxy) is 2. The molecule has 0 aliphatic heterocycles. The second kappa shape index (κ2) is 12.4. The molecule has 6 heteroatoms. The molecule has 0 saturated carbocycles. The minimum absolute atomic E-state index is 0.138. The molecule has 2 aromatic carbocycles. The van der Waals surface area contributed by atoms with Crippen LogP contribution < -0.4 is 0 Å². The Morgan fingerprint density at radius 2 is 0.786 bits per heavy atom. The summed E-state index contributed by atoms with van der Waals surface area (Å²) in [6, 6.07) is 12.0. The summed E-state index contributed by atoms with van der Waals surface area (Å²) in [6.45, 7) is 26.5. The first kappa shape index (κ1) is 34.7. The molecule has 0 aliphatic carbocycles. The van der Waals surface area contributed by atoms with Gasteiger partial charge in [0.25, 0.3) is 0 Å². The van der Waals surface area contributed by atoms with E-state index in [0.29, 0.717) is 11.1 Å². The molecule has 2 aromatic rings. The minimum Gasteiger partial charge on any atom is -0.502 e. The number of esters is 2. The van der Waals surface area contributed by atoms with Gasteiger partial charge in [-0.1, -0.05) is 119 Å². The smallest absolute Gasteiger partial charge is 0.376 e. The van der Waals surface area contributed by atoms with Crippen molar-refractivity contribution in [3.05, 3.63) is 81.3 Å². The predicted molar refractivity (Wildman–Crippen MR) is 171 cm³/mol. The third kappa shape index (κ3) is 9.78. The van der Waals surface area contributed by atoms with E-state index >= 15 is 0 Å². The number of hydrogen-bond acceptors (Lipinski definition) is 6. The van der Waals surface area contributed by atoms with E-state index in [1.54, 1.807) is 0 Å². The number of carbonyl (C=O) groups excluding carboxylic acids is 2. The molecule has 42 heavy (non-hydrogen) atoms. The first-order valence-corrected chi connectivity index (χ1v) is 14.4. The van der Waals surface area contributed by atoms with Crippen LogP contribution in [0.15, 0.2) is 47.9 Å². The van der Waals surface area contributed by atoms with Crippen LogP contribution in [0.25, 0.3) is 12.2 Å². The van der Waals surface area contributed by atoms with Crippen molar-refractivity contribution < 1.29 is 29.3 Å². The molecule has 0 saturated heterocycles. The van der Waals surface area contributed by atoms with Crippen molar-refractivity contribution in [3.63, 3.8) is 0 Å². The van der Waals surface area contributed by atoms with Crippen LogP contribution in [-0.4, -0.2) is 28.4 Å². The van der Waals surface area contributed by atoms with E-state index in [1.807, 2.05) is 24.3 Å². The second-order valence-electron chi connectivity index (χ2n) is 15.1. The average Bonchev–Trinajstić information content (AvgIpc) is 2.81. The van der Waals surface area contributed by atoms with Crippen molar-refractivity contribution in [1.82, 2.24) is 0 Å². The molecule has 0 fully saturated rings. The maximum absolute atomic E-state index is 12.6. The zero-order chi connectivity index (χ0) is 32.4. The Labute approximate surface area is 252 Å². The monoisotopic (exact) mass is 578 g/mol. The Kier molecular flexibility index (Phi) is 10.2. The molecule has 2 N–H and O–H groups in total. The normalized spacial score (nSPS) is 14.4. The predicted octanol–water partition coefficient (Wildman–Crippen LogP) is 8.81. The van der Waals surface area contributed by atoms with Gasteiger partial charge in [-0.05, 0) is 67.2 Å². The molecule has 0 aromatic heterocycles. The van der Waals surface area contributed by atoms with Gasteiger partial charge < -0.3 is 19.7 Å². The van der Waals surface area contributed by atoms with Gasteiger partial charge in [0.15, 0.2) is 0 Å². The van der Waals surface area contributed by atoms with Gasteiger partial charge in [0.05, 0.1) is 0 Å². The van der Waals surface area contributed by atoms with Gasteiger partial charge in [0.2, 0.25) is 17.8 Å².